The lowest BCUT2D eigenvalue weighted by Crippen LogP contribution is -1.89. The quantitative estimate of drug-likeness (QED) is 0.184. The van der Waals surface area contributed by atoms with E-state index in [1.807, 2.05) is 36.4 Å². The van der Waals surface area contributed by atoms with E-state index in [1.54, 1.807) is 37.6 Å². The van der Waals surface area contributed by atoms with Gasteiger partial charge in [0, 0.05) is 34.5 Å². The average Bonchev–Trinajstić information content (AvgIpc) is 3.22. The number of methoxy groups -OCH3 is 1. The number of non-ortho nitro benzene ring substituents is 1. The van der Waals surface area contributed by atoms with Crippen LogP contribution in [0, 0.1) is 10.1 Å². The van der Waals surface area contributed by atoms with Crippen molar-refractivity contribution in [2.45, 2.75) is 0 Å². The minimum atomic E-state index is -0.417. The molecule has 0 bridgehead atoms. The van der Waals surface area contributed by atoms with Gasteiger partial charge in [-0.25, -0.2) is 9.98 Å². The number of hydrogen-bond donors (Lipinski definition) is 0. The first-order chi connectivity index (χ1) is 15.0. The summed E-state index contributed by atoms with van der Waals surface area (Å²) < 4.78 is 5.37. The van der Waals surface area contributed by atoms with E-state index in [4.69, 9.17) is 21.3 Å². The zero-order chi connectivity index (χ0) is 21.8. The molecule has 6 nitrogen and oxygen atoms in total. The zero-order valence-corrected chi connectivity index (χ0v) is 17.9. The van der Waals surface area contributed by atoms with E-state index < -0.39 is 4.92 Å². The van der Waals surface area contributed by atoms with Gasteiger partial charge in [0.2, 0.25) is 5.13 Å². The fraction of sp³-hybridized carbons (Fsp3) is 0.0435. The Bertz CT molecular complexity index is 1250. The van der Waals surface area contributed by atoms with Crippen LogP contribution in [0.3, 0.4) is 0 Å². The number of nitrogens with zero attached hydrogens (tertiary/aromatic N) is 3. The van der Waals surface area contributed by atoms with Crippen molar-refractivity contribution in [2.75, 3.05) is 7.11 Å². The highest BCUT2D eigenvalue weighted by molar-refractivity contribution is 7.19. The molecule has 4 aromatic rings. The summed E-state index contributed by atoms with van der Waals surface area (Å²) >= 11 is 7.44. The Kier molecular flexibility index (Phi) is 6.06. The molecule has 0 spiro atoms. The minimum Gasteiger partial charge on any atom is -0.496 e. The maximum Gasteiger partial charge on any atom is 0.269 e. The van der Waals surface area contributed by atoms with Crippen LogP contribution in [-0.4, -0.2) is 23.2 Å². The van der Waals surface area contributed by atoms with Gasteiger partial charge in [0.15, 0.2) is 0 Å². The Hall–Kier alpha value is -3.55. The maximum absolute atomic E-state index is 11.0. The van der Waals surface area contributed by atoms with Gasteiger partial charge in [-0.15, -0.1) is 0 Å². The number of ether oxygens (including phenoxy) is 1. The highest BCUT2D eigenvalue weighted by Crippen LogP contribution is 2.40. The predicted octanol–water partition coefficient (Wildman–Crippen LogP) is 6.80. The van der Waals surface area contributed by atoms with Gasteiger partial charge in [0.1, 0.15) is 5.75 Å². The molecule has 8 heteroatoms. The van der Waals surface area contributed by atoms with Crippen LogP contribution >= 0.6 is 22.9 Å². The number of halogens is 1. The summed E-state index contributed by atoms with van der Waals surface area (Å²) in [6.45, 7) is 0. The van der Waals surface area contributed by atoms with Gasteiger partial charge in [-0.3, -0.25) is 10.1 Å². The number of rotatable bonds is 6. The van der Waals surface area contributed by atoms with Crippen molar-refractivity contribution < 1.29 is 9.66 Å². The van der Waals surface area contributed by atoms with Gasteiger partial charge < -0.3 is 4.74 Å². The van der Waals surface area contributed by atoms with Crippen LogP contribution in [0.25, 0.3) is 21.7 Å². The van der Waals surface area contributed by atoms with Crippen LogP contribution in [0.4, 0.5) is 10.8 Å². The topological polar surface area (TPSA) is 77.6 Å². The summed E-state index contributed by atoms with van der Waals surface area (Å²) in [5, 5.41) is 12.2. The van der Waals surface area contributed by atoms with E-state index in [9.17, 15) is 10.1 Å². The van der Waals surface area contributed by atoms with Crippen LogP contribution < -0.4 is 4.74 Å². The Balaban J connectivity index is 1.77. The second kappa shape index (κ2) is 9.07. The molecule has 0 unspecified atom stereocenters. The average molecular weight is 450 g/mol. The second-order valence-corrected chi connectivity index (χ2v) is 7.90. The molecule has 0 aliphatic heterocycles. The van der Waals surface area contributed by atoms with Gasteiger partial charge in [-0.2, -0.15) is 0 Å². The third-order valence-corrected chi connectivity index (χ3v) is 5.79. The van der Waals surface area contributed by atoms with E-state index in [1.165, 1.54) is 23.5 Å². The number of nitro benzene ring substituents is 1. The lowest BCUT2D eigenvalue weighted by Gasteiger charge is -2.03. The van der Waals surface area contributed by atoms with Crippen LogP contribution in [0.1, 0.15) is 5.56 Å². The van der Waals surface area contributed by atoms with Crippen molar-refractivity contribution in [1.82, 2.24) is 4.98 Å². The first kappa shape index (κ1) is 20.7. The molecule has 0 saturated heterocycles. The van der Waals surface area contributed by atoms with Crippen molar-refractivity contribution in [2.24, 2.45) is 4.99 Å². The standard InChI is InChI=1S/C23H16ClN3O3S/c1-30-20-5-3-2-4-17(20)14-25-23-26-21(15-6-10-18(24)11-7-15)22(31-23)16-8-12-19(13-9-16)27(28)29/h2-14H,1H3. The predicted molar refractivity (Wildman–Crippen MR) is 125 cm³/mol. The number of nitro groups is 1. The lowest BCUT2D eigenvalue weighted by molar-refractivity contribution is -0.384. The Morgan fingerprint density at radius 1 is 1.03 bits per heavy atom. The van der Waals surface area contributed by atoms with Crippen molar-refractivity contribution in [3.05, 3.63) is 93.5 Å². The number of hydrogen-bond acceptors (Lipinski definition) is 6. The SMILES string of the molecule is COc1ccccc1C=Nc1nc(-c2ccc(Cl)cc2)c(-c2ccc([N+](=O)[O-])cc2)s1. The first-order valence-corrected chi connectivity index (χ1v) is 10.4. The highest BCUT2D eigenvalue weighted by Gasteiger charge is 2.16. The van der Waals surface area contributed by atoms with Gasteiger partial charge in [0.05, 0.1) is 22.6 Å². The lowest BCUT2D eigenvalue weighted by atomic mass is 10.1. The summed E-state index contributed by atoms with van der Waals surface area (Å²) in [7, 11) is 1.61. The number of benzene rings is 3. The molecule has 4 rings (SSSR count). The maximum atomic E-state index is 11.0. The molecule has 0 N–H and O–H groups in total. The smallest absolute Gasteiger partial charge is 0.269 e. The Labute approximate surface area is 187 Å². The van der Waals surface area contributed by atoms with Crippen LogP contribution in [0.2, 0.25) is 5.02 Å². The summed E-state index contributed by atoms with van der Waals surface area (Å²) in [6, 6.07) is 21.4. The molecule has 31 heavy (non-hydrogen) atoms. The monoisotopic (exact) mass is 449 g/mol. The fourth-order valence-corrected chi connectivity index (χ4v) is 4.06. The number of para-hydroxylation sites is 1. The van der Waals surface area contributed by atoms with Crippen molar-refractivity contribution in [3.8, 4) is 27.4 Å². The summed E-state index contributed by atoms with van der Waals surface area (Å²) in [6.07, 6.45) is 1.71. The fourth-order valence-electron chi connectivity index (χ4n) is 3.00. The molecule has 154 valence electrons. The second-order valence-electron chi connectivity index (χ2n) is 6.49. The molecule has 1 aromatic heterocycles. The Morgan fingerprint density at radius 2 is 1.71 bits per heavy atom. The van der Waals surface area contributed by atoms with Gasteiger partial charge in [0.25, 0.3) is 5.69 Å². The van der Waals surface area contributed by atoms with Crippen LogP contribution in [0.15, 0.2) is 77.8 Å². The normalized spacial score (nSPS) is 11.0. The van der Waals surface area contributed by atoms with E-state index in [0.29, 0.717) is 10.2 Å². The molecule has 0 fully saturated rings. The molecular weight excluding hydrogens is 434 g/mol. The zero-order valence-electron chi connectivity index (χ0n) is 16.4. The largest absolute Gasteiger partial charge is 0.496 e. The first-order valence-electron chi connectivity index (χ1n) is 9.24. The molecule has 0 amide bonds. The van der Waals surface area contributed by atoms with Gasteiger partial charge >= 0.3 is 0 Å². The summed E-state index contributed by atoms with van der Waals surface area (Å²) in [5.41, 5.74) is 3.32. The van der Waals surface area contributed by atoms with Gasteiger partial charge in [-0.1, -0.05) is 47.2 Å². The van der Waals surface area contributed by atoms with E-state index in [0.717, 1.165) is 33.0 Å². The molecule has 0 aliphatic rings. The molecular formula is C23H16ClN3O3S. The van der Waals surface area contributed by atoms with Crippen molar-refractivity contribution in [3.63, 3.8) is 0 Å². The van der Waals surface area contributed by atoms with E-state index >= 15 is 0 Å². The highest BCUT2D eigenvalue weighted by atomic mass is 35.5. The number of thiazole rings is 1. The molecule has 3 aromatic carbocycles. The van der Waals surface area contributed by atoms with Crippen LogP contribution in [-0.2, 0) is 0 Å². The van der Waals surface area contributed by atoms with Crippen molar-refractivity contribution >= 4 is 40.0 Å². The Morgan fingerprint density at radius 3 is 2.39 bits per heavy atom. The summed E-state index contributed by atoms with van der Waals surface area (Å²) in [4.78, 5) is 20.7. The number of aliphatic imine (C=N–C) groups is 1. The van der Waals surface area contributed by atoms with Crippen LogP contribution in [0.5, 0.6) is 5.75 Å². The third kappa shape index (κ3) is 4.63. The molecule has 0 saturated carbocycles. The van der Waals surface area contributed by atoms with Gasteiger partial charge in [-0.05, 0) is 42.0 Å². The van der Waals surface area contributed by atoms with E-state index in [2.05, 4.69) is 4.99 Å². The third-order valence-electron chi connectivity index (χ3n) is 4.53. The molecule has 0 radical (unpaired) electrons. The van der Waals surface area contributed by atoms with E-state index in [-0.39, 0.29) is 5.69 Å². The minimum absolute atomic E-state index is 0.0377. The molecule has 1 heterocycles. The molecule has 0 atom stereocenters. The summed E-state index contributed by atoms with van der Waals surface area (Å²) in [5.74, 6) is 0.719. The van der Waals surface area contributed by atoms with Crippen molar-refractivity contribution in [1.29, 1.82) is 0 Å². The number of aromatic nitrogens is 1. The molecule has 0 aliphatic carbocycles.